The van der Waals surface area contributed by atoms with Crippen molar-refractivity contribution in [2.75, 3.05) is 7.11 Å². The van der Waals surface area contributed by atoms with E-state index in [1.54, 1.807) is 18.2 Å². The summed E-state index contributed by atoms with van der Waals surface area (Å²) >= 11 is 5.95. The molecule has 0 fully saturated rings. The number of hydrogen-bond donors (Lipinski definition) is 2. The fourth-order valence-electron chi connectivity index (χ4n) is 1.81. The number of fused-ring (bicyclic) bond motifs is 1. The van der Waals surface area contributed by atoms with E-state index in [1.165, 1.54) is 13.4 Å². The van der Waals surface area contributed by atoms with E-state index in [9.17, 15) is 15.0 Å². The van der Waals surface area contributed by atoms with Crippen molar-refractivity contribution < 1.29 is 19.7 Å². The van der Waals surface area contributed by atoms with E-state index in [2.05, 4.69) is 14.7 Å². The van der Waals surface area contributed by atoms with E-state index < -0.39 is 18.2 Å². The third kappa shape index (κ3) is 3.04. The zero-order valence-electron chi connectivity index (χ0n) is 10.7. The summed E-state index contributed by atoms with van der Waals surface area (Å²) in [6, 6.07) is 4.85. The standard InChI is InChI=1S/C13H13ClN2O4/c1-20-11(18)5-10(17)12(19)7-2-3-9-8(4-7)13(14)16-6-15-9/h2-4,6,10,12,17,19H,5H2,1H3. The molecule has 0 saturated heterocycles. The molecule has 0 amide bonds. The predicted octanol–water partition coefficient (Wildman–Crippen LogP) is 1.24. The predicted molar refractivity (Wildman–Crippen MR) is 72.1 cm³/mol. The molecular formula is C13H13ClN2O4. The average molecular weight is 297 g/mol. The molecule has 2 unspecified atom stereocenters. The summed E-state index contributed by atoms with van der Waals surface area (Å²) in [5.41, 5.74) is 1.05. The molecule has 0 saturated carbocycles. The smallest absolute Gasteiger partial charge is 0.308 e. The number of carbonyl (C=O) groups excluding carboxylic acids is 1. The van der Waals surface area contributed by atoms with E-state index >= 15 is 0 Å². The van der Waals surface area contributed by atoms with Crippen molar-refractivity contribution in [2.45, 2.75) is 18.6 Å². The highest BCUT2D eigenvalue weighted by atomic mass is 35.5. The molecular weight excluding hydrogens is 284 g/mol. The molecule has 1 aromatic heterocycles. The number of rotatable bonds is 4. The highest BCUT2D eigenvalue weighted by Gasteiger charge is 2.22. The molecule has 2 rings (SSSR count). The molecule has 20 heavy (non-hydrogen) atoms. The minimum Gasteiger partial charge on any atom is -0.469 e. The summed E-state index contributed by atoms with van der Waals surface area (Å²) < 4.78 is 4.45. The van der Waals surface area contributed by atoms with Crippen molar-refractivity contribution in [3.8, 4) is 0 Å². The van der Waals surface area contributed by atoms with Crippen LogP contribution in [0.4, 0.5) is 0 Å². The molecule has 0 bridgehead atoms. The van der Waals surface area contributed by atoms with Gasteiger partial charge in [0.1, 0.15) is 17.6 Å². The summed E-state index contributed by atoms with van der Waals surface area (Å²) in [6.45, 7) is 0. The summed E-state index contributed by atoms with van der Waals surface area (Å²) in [4.78, 5) is 19.0. The van der Waals surface area contributed by atoms with E-state index in [0.717, 1.165) is 0 Å². The second kappa shape index (κ2) is 6.13. The Morgan fingerprint density at radius 2 is 2.15 bits per heavy atom. The quantitative estimate of drug-likeness (QED) is 0.651. The topological polar surface area (TPSA) is 92.5 Å². The fourth-order valence-corrected chi connectivity index (χ4v) is 2.01. The van der Waals surface area contributed by atoms with Crippen LogP contribution in [0.15, 0.2) is 24.5 Å². The Labute approximate surface area is 120 Å². The van der Waals surface area contributed by atoms with Gasteiger partial charge in [0.15, 0.2) is 0 Å². The molecule has 0 radical (unpaired) electrons. The first-order valence-electron chi connectivity index (χ1n) is 5.86. The zero-order chi connectivity index (χ0) is 14.7. The van der Waals surface area contributed by atoms with Gasteiger partial charge in [-0.15, -0.1) is 0 Å². The Bertz CT molecular complexity index is 635. The highest BCUT2D eigenvalue weighted by molar-refractivity contribution is 6.34. The third-order valence-corrected chi connectivity index (χ3v) is 3.22. The number of aliphatic hydroxyl groups excluding tert-OH is 2. The molecule has 6 nitrogen and oxygen atoms in total. The second-order valence-electron chi connectivity index (χ2n) is 4.23. The van der Waals surface area contributed by atoms with Crippen LogP contribution < -0.4 is 0 Å². The minimum absolute atomic E-state index is 0.256. The highest BCUT2D eigenvalue weighted by Crippen LogP contribution is 2.26. The first-order chi connectivity index (χ1) is 9.52. The van der Waals surface area contributed by atoms with Gasteiger partial charge in [0, 0.05) is 5.39 Å². The fraction of sp³-hybridized carbons (Fsp3) is 0.308. The van der Waals surface area contributed by atoms with Gasteiger partial charge in [-0.05, 0) is 17.7 Å². The van der Waals surface area contributed by atoms with Gasteiger partial charge in [0.2, 0.25) is 0 Å². The van der Waals surface area contributed by atoms with Crippen LogP contribution in [0.3, 0.4) is 0 Å². The second-order valence-corrected chi connectivity index (χ2v) is 4.59. The number of nitrogens with zero attached hydrogens (tertiary/aromatic N) is 2. The van der Waals surface area contributed by atoms with Gasteiger partial charge in [-0.25, -0.2) is 9.97 Å². The molecule has 0 aliphatic rings. The largest absolute Gasteiger partial charge is 0.469 e. The molecule has 2 N–H and O–H groups in total. The summed E-state index contributed by atoms with van der Waals surface area (Å²) in [5, 5.41) is 20.7. The van der Waals surface area contributed by atoms with E-state index in [0.29, 0.717) is 16.5 Å². The number of aliphatic hydroxyl groups is 2. The summed E-state index contributed by atoms with van der Waals surface area (Å²) in [6.07, 6.45) is -1.44. The maximum absolute atomic E-state index is 11.1. The van der Waals surface area contributed by atoms with Crippen LogP contribution in [0.2, 0.25) is 5.15 Å². The van der Waals surface area contributed by atoms with Crippen molar-refractivity contribution in [1.29, 1.82) is 0 Å². The van der Waals surface area contributed by atoms with Crippen molar-refractivity contribution in [3.05, 3.63) is 35.2 Å². The number of carbonyl (C=O) groups is 1. The number of aromatic nitrogens is 2. The molecule has 0 spiro atoms. The lowest BCUT2D eigenvalue weighted by Crippen LogP contribution is -2.22. The molecule has 0 aliphatic heterocycles. The van der Waals surface area contributed by atoms with Gasteiger partial charge in [0.25, 0.3) is 0 Å². The number of methoxy groups -OCH3 is 1. The first kappa shape index (κ1) is 14.6. The lowest BCUT2D eigenvalue weighted by molar-refractivity contribution is -0.144. The Hall–Kier alpha value is -1.76. The monoisotopic (exact) mass is 296 g/mol. The van der Waals surface area contributed by atoms with Crippen LogP contribution in [0.25, 0.3) is 10.9 Å². The first-order valence-corrected chi connectivity index (χ1v) is 6.24. The Morgan fingerprint density at radius 3 is 2.85 bits per heavy atom. The number of ether oxygens (including phenoxy) is 1. The summed E-state index contributed by atoms with van der Waals surface area (Å²) in [7, 11) is 1.22. The number of benzene rings is 1. The van der Waals surface area contributed by atoms with Gasteiger partial charge in [0.05, 0.1) is 25.2 Å². The number of hydrogen-bond acceptors (Lipinski definition) is 6. The van der Waals surface area contributed by atoms with Crippen molar-refractivity contribution >= 4 is 28.5 Å². The lowest BCUT2D eigenvalue weighted by Gasteiger charge is -2.17. The average Bonchev–Trinajstić information content (AvgIpc) is 2.46. The van der Waals surface area contributed by atoms with E-state index in [4.69, 9.17) is 11.6 Å². The van der Waals surface area contributed by atoms with Crippen LogP contribution >= 0.6 is 11.6 Å². The van der Waals surface area contributed by atoms with E-state index in [1.807, 2.05) is 0 Å². The lowest BCUT2D eigenvalue weighted by atomic mass is 10.0. The molecule has 2 aromatic rings. The zero-order valence-corrected chi connectivity index (χ0v) is 11.4. The van der Waals surface area contributed by atoms with Crippen LogP contribution in [-0.4, -0.2) is 39.4 Å². The number of halogens is 1. The number of esters is 1. The molecule has 1 heterocycles. The van der Waals surface area contributed by atoms with E-state index in [-0.39, 0.29) is 11.6 Å². The minimum atomic E-state index is -1.26. The molecule has 2 atom stereocenters. The van der Waals surface area contributed by atoms with Crippen molar-refractivity contribution in [1.82, 2.24) is 9.97 Å². The van der Waals surface area contributed by atoms with Crippen LogP contribution in [0.5, 0.6) is 0 Å². The molecule has 0 aliphatic carbocycles. The van der Waals surface area contributed by atoms with Crippen molar-refractivity contribution in [2.24, 2.45) is 0 Å². The normalized spacial score (nSPS) is 14.0. The molecule has 106 valence electrons. The van der Waals surface area contributed by atoms with Crippen LogP contribution in [-0.2, 0) is 9.53 Å². The van der Waals surface area contributed by atoms with Gasteiger partial charge < -0.3 is 14.9 Å². The van der Waals surface area contributed by atoms with Gasteiger partial charge >= 0.3 is 5.97 Å². The Morgan fingerprint density at radius 1 is 1.40 bits per heavy atom. The van der Waals surface area contributed by atoms with Gasteiger partial charge in [-0.1, -0.05) is 17.7 Å². The third-order valence-electron chi connectivity index (χ3n) is 2.92. The van der Waals surface area contributed by atoms with Crippen molar-refractivity contribution in [3.63, 3.8) is 0 Å². The van der Waals surface area contributed by atoms with Gasteiger partial charge in [-0.3, -0.25) is 4.79 Å². The Kier molecular flexibility index (Phi) is 4.49. The Balaban J connectivity index is 2.28. The SMILES string of the molecule is COC(=O)CC(O)C(O)c1ccc2ncnc(Cl)c2c1. The van der Waals surface area contributed by atoms with Gasteiger partial charge in [-0.2, -0.15) is 0 Å². The summed E-state index contributed by atoms with van der Waals surface area (Å²) in [5.74, 6) is -0.598. The maximum Gasteiger partial charge on any atom is 0.308 e. The van der Waals surface area contributed by atoms with Crippen LogP contribution in [0.1, 0.15) is 18.1 Å². The molecule has 7 heteroatoms. The molecule has 1 aromatic carbocycles. The maximum atomic E-state index is 11.1. The van der Waals surface area contributed by atoms with Crippen LogP contribution in [0, 0.1) is 0 Å².